The first kappa shape index (κ1) is 6.62. The first-order chi connectivity index (χ1) is 4.86. The molecule has 0 fully saturated rings. The Bertz CT molecular complexity index is 215. The van der Waals surface area contributed by atoms with Crippen molar-refractivity contribution in [3.8, 4) is 0 Å². The maximum Gasteiger partial charge on any atom is 0.0338 e. The van der Waals surface area contributed by atoms with Gasteiger partial charge in [-0.3, -0.25) is 0 Å². The number of allylic oxidation sites excluding steroid dienone is 2. The van der Waals surface area contributed by atoms with Crippen LogP contribution in [0.2, 0.25) is 0 Å². The molecule has 0 radical (unpaired) electrons. The van der Waals surface area contributed by atoms with Crippen LogP contribution in [0.5, 0.6) is 0 Å². The largest absolute Gasteiger partial charge is 0.126 e. The summed E-state index contributed by atoms with van der Waals surface area (Å²) in [6.45, 7) is 0. The second-order valence-electron chi connectivity index (χ2n) is 2.62. The molecular weight excluding hydrogens is 160 g/mol. The molecular formula is C8H8S2. The molecule has 0 aromatic rings. The molecule has 1 heterocycles. The van der Waals surface area contributed by atoms with Gasteiger partial charge in [-0.25, -0.2) is 0 Å². The highest BCUT2D eigenvalue weighted by atomic mass is 32.2. The van der Waals surface area contributed by atoms with E-state index < -0.39 is 0 Å². The molecule has 0 saturated heterocycles. The molecule has 2 atom stereocenters. The summed E-state index contributed by atoms with van der Waals surface area (Å²) in [6, 6.07) is 0. The summed E-state index contributed by atoms with van der Waals surface area (Å²) in [5.74, 6) is 0.697. The van der Waals surface area contributed by atoms with Crippen molar-refractivity contribution in [2.45, 2.75) is 11.7 Å². The lowest BCUT2D eigenvalue weighted by Crippen LogP contribution is -2.16. The number of rotatable bonds is 0. The Balaban J connectivity index is 2.22. The smallest absolute Gasteiger partial charge is 0.0338 e. The Morgan fingerprint density at radius 3 is 3.30 bits per heavy atom. The maximum atomic E-state index is 5.10. The fourth-order valence-electron chi connectivity index (χ4n) is 1.32. The molecule has 2 aliphatic rings. The van der Waals surface area contributed by atoms with Gasteiger partial charge < -0.3 is 0 Å². The van der Waals surface area contributed by atoms with Gasteiger partial charge in [-0.05, 0) is 17.7 Å². The van der Waals surface area contributed by atoms with Crippen molar-refractivity contribution in [1.82, 2.24) is 0 Å². The fourth-order valence-corrected chi connectivity index (χ4v) is 2.63. The molecule has 0 spiro atoms. The topological polar surface area (TPSA) is 0 Å². The van der Waals surface area contributed by atoms with Crippen LogP contribution in [0.25, 0.3) is 0 Å². The van der Waals surface area contributed by atoms with E-state index in [2.05, 4.69) is 23.6 Å². The fraction of sp³-hybridized carbons (Fsp3) is 0.375. The predicted molar refractivity (Wildman–Crippen MR) is 50.4 cm³/mol. The van der Waals surface area contributed by atoms with Crippen LogP contribution < -0.4 is 0 Å². The van der Waals surface area contributed by atoms with Gasteiger partial charge in [-0.15, -0.1) is 11.8 Å². The van der Waals surface area contributed by atoms with Crippen LogP contribution in [0, 0.1) is 5.92 Å². The van der Waals surface area contributed by atoms with Gasteiger partial charge in [0.2, 0.25) is 0 Å². The lowest BCUT2D eigenvalue weighted by molar-refractivity contribution is 0.716. The number of thiocarbonyl (C=S) groups is 1. The second kappa shape index (κ2) is 2.51. The Hall–Kier alpha value is -0.0800. The van der Waals surface area contributed by atoms with E-state index in [1.165, 1.54) is 0 Å². The highest BCUT2D eigenvalue weighted by Gasteiger charge is 2.24. The summed E-state index contributed by atoms with van der Waals surface area (Å²) in [5, 5.41) is 2.87. The Kier molecular flexibility index (Phi) is 1.66. The van der Waals surface area contributed by atoms with Crippen LogP contribution in [0.3, 0.4) is 0 Å². The van der Waals surface area contributed by atoms with E-state index >= 15 is 0 Å². The molecule has 2 rings (SSSR count). The van der Waals surface area contributed by atoms with E-state index in [4.69, 9.17) is 12.2 Å². The van der Waals surface area contributed by atoms with Crippen LogP contribution in [0.1, 0.15) is 6.42 Å². The van der Waals surface area contributed by atoms with E-state index in [0.717, 1.165) is 11.3 Å². The van der Waals surface area contributed by atoms with Crippen molar-refractivity contribution >= 4 is 28.8 Å². The molecule has 52 valence electrons. The molecule has 0 aromatic heterocycles. The van der Waals surface area contributed by atoms with Gasteiger partial charge in [0, 0.05) is 10.1 Å². The van der Waals surface area contributed by atoms with Gasteiger partial charge in [0.05, 0.1) is 0 Å². The van der Waals surface area contributed by atoms with Crippen molar-refractivity contribution < 1.29 is 0 Å². The third-order valence-corrected chi connectivity index (χ3v) is 3.33. The monoisotopic (exact) mass is 168 g/mol. The van der Waals surface area contributed by atoms with Crippen molar-refractivity contribution in [1.29, 1.82) is 0 Å². The lowest BCUT2D eigenvalue weighted by Gasteiger charge is -2.18. The summed E-state index contributed by atoms with van der Waals surface area (Å²) in [4.78, 5) is 1.11. The Morgan fingerprint density at radius 1 is 1.50 bits per heavy atom. The van der Waals surface area contributed by atoms with Gasteiger partial charge in [-0.1, -0.05) is 30.4 Å². The zero-order chi connectivity index (χ0) is 6.97. The standard InChI is InChI=1S/C8H8S2/c9-7-1-2-8-6(5-7)3-4-10-8/h1-4,6,8H,5H2. The molecule has 0 nitrogen and oxygen atoms in total. The Morgan fingerprint density at radius 2 is 2.40 bits per heavy atom. The van der Waals surface area contributed by atoms with Crippen molar-refractivity contribution in [3.05, 3.63) is 23.6 Å². The van der Waals surface area contributed by atoms with E-state index in [1.807, 2.05) is 11.8 Å². The molecule has 0 saturated carbocycles. The average Bonchev–Trinajstić information content (AvgIpc) is 2.33. The molecule has 1 aliphatic heterocycles. The van der Waals surface area contributed by atoms with Gasteiger partial charge in [0.15, 0.2) is 0 Å². The first-order valence-corrected chi connectivity index (χ1v) is 4.74. The molecule has 1 aliphatic carbocycles. The molecule has 10 heavy (non-hydrogen) atoms. The summed E-state index contributed by atoms with van der Waals surface area (Å²) in [6.07, 6.45) is 7.66. The third-order valence-electron chi connectivity index (χ3n) is 1.89. The van der Waals surface area contributed by atoms with Crippen molar-refractivity contribution in [2.75, 3.05) is 0 Å². The SMILES string of the molecule is S=C1C=CC2SC=CC2C1. The van der Waals surface area contributed by atoms with Gasteiger partial charge in [0.1, 0.15) is 0 Å². The van der Waals surface area contributed by atoms with Gasteiger partial charge in [0.25, 0.3) is 0 Å². The van der Waals surface area contributed by atoms with E-state index in [9.17, 15) is 0 Å². The van der Waals surface area contributed by atoms with Crippen LogP contribution in [-0.4, -0.2) is 10.1 Å². The quantitative estimate of drug-likeness (QED) is 0.510. The highest BCUT2D eigenvalue weighted by Crippen LogP contribution is 2.35. The molecule has 0 amide bonds. The minimum Gasteiger partial charge on any atom is -0.126 e. The van der Waals surface area contributed by atoms with Crippen LogP contribution >= 0.6 is 24.0 Å². The maximum absolute atomic E-state index is 5.10. The molecule has 2 unspecified atom stereocenters. The minimum atomic E-state index is 0.687. The summed E-state index contributed by atoms with van der Waals surface area (Å²) in [5.41, 5.74) is 0. The lowest BCUT2D eigenvalue weighted by atomic mass is 9.94. The Labute approximate surface area is 70.4 Å². The van der Waals surface area contributed by atoms with Crippen molar-refractivity contribution in [3.63, 3.8) is 0 Å². The normalized spacial score (nSPS) is 36.6. The molecule has 0 N–H and O–H groups in total. The van der Waals surface area contributed by atoms with Gasteiger partial charge in [-0.2, -0.15) is 0 Å². The zero-order valence-electron chi connectivity index (χ0n) is 5.49. The first-order valence-electron chi connectivity index (χ1n) is 3.39. The molecule has 0 bridgehead atoms. The molecule has 0 aromatic carbocycles. The predicted octanol–water partition coefficient (Wildman–Crippen LogP) is 2.56. The second-order valence-corrected chi connectivity index (χ2v) is 4.24. The summed E-state index contributed by atoms with van der Waals surface area (Å²) >= 11 is 7.00. The number of thioether (sulfide) groups is 1. The van der Waals surface area contributed by atoms with Crippen LogP contribution in [0.4, 0.5) is 0 Å². The van der Waals surface area contributed by atoms with Gasteiger partial charge >= 0.3 is 0 Å². The van der Waals surface area contributed by atoms with Crippen molar-refractivity contribution in [2.24, 2.45) is 5.92 Å². The van der Waals surface area contributed by atoms with E-state index in [-0.39, 0.29) is 0 Å². The minimum absolute atomic E-state index is 0.687. The number of hydrogen-bond acceptors (Lipinski definition) is 2. The zero-order valence-corrected chi connectivity index (χ0v) is 7.12. The van der Waals surface area contributed by atoms with Crippen LogP contribution in [0.15, 0.2) is 23.6 Å². The molecule has 2 heteroatoms. The van der Waals surface area contributed by atoms with E-state index in [0.29, 0.717) is 11.2 Å². The van der Waals surface area contributed by atoms with Crippen LogP contribution in [-0.2, 0) is 0 Å². The third kappa shape index (κ3) is 1.06. The summed E-state index contributed by atoms with van der Waals surface area (Å²) in [7, 11) is 0. The summed E-state index contributed by atoms with van der Waals surface area (Å²) < 4.78 is 0. The number of hydrogen-bond donors (Lipinski definition) is 0. The number of fused-ring (bicyclic) bond motifs is 1. The average molecular weight is 168 g/mol. The highest BCUT2D eigenvalue weighted by molar-refractivity contribution is 8.03. The van der Waals surface area contributed by atoms with E-state index in [1.54, 1.807) is 0 Å².